The summed E-state index contributed by atoms with van der Waals surface area (Å²) in [5.74, 6) is 0.914. The summed E-state index contributed by atoms with van der Waals surface area (Å²) in [5.41, 5.74) is 0.699. The summed E-state index contributed by atoms with van der Waals surface area (Å²) >= 11 is 0. The Morgan fingerprint density at radius 3 is 2.62 bits per heavy atom. The van der Waals surface area contributed by atoms with E-state index in [2.05, 4.69) is 5.32 Å². The third-order valence-electron chi connectivity index (χ3n) is 3.41. The fourth-order valence-corrected chi connectivity index (χ4v) is 4.22. The Balaban J connectivity index is 1.82. The van der Waals surface area contributed by atoms with Gasteiger partial charge < -0.3 is 10.1 Å². The minimum atomic E-state index is -2.92. The highest BCUT2D eigenvalue weighted by Gasteiger charge is 2.29. The smallest absolute Gasteiger partial charge is 0.224 e. The summed E-state index contributed by atoms with van der Waals surface area (Å²) in [5, 5.41) is 2.79. The van der Waals surface area contributed by atoms with Crippen LogP contribution in [0.15, 0.2) is 24.3 Å². The predicted molar refractivity (Wildman–Crippen MR) is 82.2 cm³/mol. The molecular weight excluding hydrogens is 290 g/mol. The number of sulfone groups is 1. The van der Waals surface area contributed by atoms with Crippen molar-refractivity contribution in [1.82, 2.24) is 0 Å². The number of anilines is 1. The van der Waals surface area contributed by atoms with Crippen molar-refractivity contribution in [1.29, 1.82) is 0 Å². The molecule has 1 atom stereocenters. The van der Waals surface area contributed by atoms with Gasteiger partial charge in [-0.1, -0.05) is 6.92 Å². The molecule has 1 saturated heterocycles. The van der Waals surface area contributed by atoms with Crippen LogP contribution in [0.2, 0.25) is 0 Å². The molecule has 0 aromatic heterocycles. The molecule has 0 radical (unpaired) electrons. The molecule has 1 N–H and O–H groups in total. The third-order valence-corrected chi connectivity index (χ3v) is 5.25. The summed E-state index contributed by atoms with van der Waals surface area (Å²) in [6.45, 7) is 2.71. The van der Waals surface area contributed by atoms with Gasteiger partial charge in [0, 0.05) is 12.1 Å². The largest absolute Gasteiger partial charge is 0.494 e. The van der Waals surface area contributed by atoms with Crippen LogP contribution >= 0.6 is 0 Å². The third kappa shape index (κ3) is 5.04. The van der Waals surface area contributed by atoms with Gasteiger partial charge >= 0.3 is 0 Å². The van der Waals surface area contributed by atoms with Crippen LogP contribution in [0.5, 0.6) is 5.75 Å². The molecule has 0 saturated carbocycles. The van der Waals surface area contributed by atoms with E-state index < -0.39 is 9.84 Å². The van der Waals surface area contributed by atoms with Gasteiger partial charge in [0.1, 0.15) is 5.75 Å². The van der Waals surface area contributed by atoms with Gasteiger partial charge in [-0.25, -0.2) is 8.42 Å². The lowest BCUT2D eigenvalue weighted by Gasteiger charge is -2.10. The van der Waals surface area contributed by atoms with Crippen molar-refractivity contribution in [3.8, 4) is 5.75 Å². The molecule has 5 nitrogen and oxygen atoms in total. The average Bonchev–Trinajstić information content (AvgIpc) is 2.77. The lowest BCUT2D eigenvalue weighted by molar-refractivity contribution is -0.116. The first-order chi connectivity index (χ1) is 9.98. The van der Waals surface area contributed by atoms with Gasteiger partial charge in [-0.3, -0.25) is 4.79 Å². The molecule has 2 rings (SSSR count). The van der Waals surface area contributed by atoms with E-state index in [0.29, 0.717) is 18.7 Å². The van der Waals surface area contributed by atoms with E-state index in [0.717, 1.165) is 12.2 Å². The number of hydrogen-bond donors (Lipinski definition) is 1. The van der Waals surface area contributed by atoms with E-state index in [1.807, 2.05) is 19.1 Å². The summed E-state index contributed by atoms with van der Waals surface area (Å²) in [6, 6.07) is 7.19. The molecule has 0 bridgehead atoms. The highest BCUT2D eigenvalue weighted by atomic mass is 32.2. The SMILES string of the molecule is CCCOc1ccc(NC(=O)CC2CCS(=O)(=O)C2)cc1. The van der Waals surface area contributed by atoms with Crippen molar-refractivity contribution < 1.29 is 17.9 Å². The number of carbonyl (C=O) groups excluding carboxylic acids is 1. The van der Waals surface area contributed by atoms with Crippen molar-refractivity contribution in [2.45, 2.75) is 26.2 Å². The van der Waals surface area contributed by atoms with Gasteiger partial charge in [-0.05, 0) is 43.0 Å². The number of benzene rings is 1. The van der Waals surface area contributed by atoms with E-state index >= 15 is 0 Å². The second-order valence-corrected chi connectivity index (χ2v) is 7.62. The maximum atomic E-state index is 11.9. The van der Waals surface area contributed by atoms with Crippen molar-refractivity contribution in [3.63, 3.8) is 0 Å². The van der Waals surface area contributed by atoms with Crippen molar-refractivity contribution in [2.75, 3.05) is 23.4 Å². The van der Waals surface area contributed by atoms with Crippen LogP contribution < -0.4 is 10.1 Å². The normalized spacial score (nSPS) is 20.1. The Kier molecular flexibility index (Phi) is 5.22. The Hall–Kier alpha value is -1.56. The quantitative estimate of drug-likeness (QED) is 0.874. The lowest BCUT2D eigenvalue weighted by atomic mass is 10.1. The molecule has 1 heterocycles. The lowest BCUT2D eigenvalue weighted by Crippen LogP contribution is -2.17. The van der Waals surface area contributed by atoms with Crippen molar-refractivity contribution in [3.05, 3.63) is 24.3 Å². The molecule has 1 aromatic rings. The monoisotopic (exact) mass is 311 g/mol. The van der Waals surface area contributed by atoms with Crippen LogP contribution in [0.1, 0.15) is 26.2 Å². The minimum Gasteiger partial charge on any atom is -0.494 e. The number of nitrogens with one attached hydrogen (secondary N) is 1. The first-order valence-corrected chi connectivity index (χ1v) is 9.04. The van der Waals surface area contributed by atoms with Crippen molar-refractivity contribution in [2.24, 2.45) is 5.92 Å². The van der Waals surface area contributed by atoms with Gasteiger partial charge in [0.05, 0.1) is 18.1 Å². The Morgan fingerprint density at radius 2 is 2.05 bits per heavy atom. The maximum absolute atomic E-state index is 11.9. The highest BCUT2D eigenvalue weighted by molar-refractivity contribution is 7.91. The van der Waals surface area contributed by atoms with Gasteiger partial charge in [-0.2, -0.15) is 0 Å². The molecular formula is C15H21NO4S. The van der Waals surface area contributed by atoms with Crippen LogP contribution in [-0.4, -0.2) is 32.4 Å². The summed E-state index contributed by atoms with van der Waals surface area (Å²) in [6.07, 6.45) is 1.79. The first-order valence-electron chi connectivity index (χ1n) is 7.21. The molecule has 1 aliphatic rings. The standard InChI is InChI=1S/C15H21NO4S/c1-2-8-20-14-5-3-13(4-6-14)16-15(17)10-12-7-9-21(18,19)11-12/h3-6,12H,2,7-11H2,1H3,(H,16,17). The molecule has 116 valence electrons. The topological polar surface area (TPSA) is 72.5 Å². The van der Waals surface area contributed by atoms with Crippen LogP contribution in [0, 0.1) is 5.92 Å². The Bertz CT molecular complexity index is 580. The highest BCUT2D eigenvalue weighted by Crippen LogP contribution is 2.22. The van der Waals surface area contributed by atoms with Crippen LogP contribution in [0.3, 0.4) is 0 Å². The molecule has 1 aromatic carbocycles. The average molecular weight is 311 g/mol. The number of carbonyl (C=O) groups is 1. The van der Waals surface area contributed by atoms with Gasteiger partial charge in [0.2, 0.25) is 5.91 Å². The Labute approximate surface area is 125 Å². The Morgan fingerprint density at radius 1 is 1.33 bits per heavy atom. The fraction of sp³-hybridized carbons (Fsp3) is 0.533. The zero-order valence-corrected chi connectivity index (χ0v) is 13.0. The molecule has 1 amide bonds. The zero-order chi connectivity index (χ0) is 15.3. The molecule has 1 unspecified atom stereocenters. The minimum absolute atomic E-state index is 0.0536. The van der Waals surface area contributed by atoms with Crippen LogP contribution in [0.4, 0.5) is 5.69 Å². The number of ether oxygens (including phenoxy) is 1. The molecule has 0 aliphatic carbocycles. The van der Waals surface area contributed by atoms with E-state index in [1.54, 1.807) is 12.1 Å². The molecule has 21 heavy (non-hydrogen) atoms. The molecule has 6 heteroatoms. The van der Waals surface area contributed by atoms with Crippen LogP contribution in [-0.2, 0) is 14.6 Å². The molecule has 1 aliphatic heterocycles. The van der Waals surface area contributed by atoms with E-state index in [1.165, 1.54) is 0 Å². The number of hydrogen-bond acceptors (Lipinski definition) is 4. The van der Waals surface area contributed by atoms with Gasteiger partial charge in [0.15, 0.2) is 9.84 Å². The zero-order valence-electron chi connectivity index (χ0n) is 12.2. The van der Waals surface area contributed by atoms with E-state index in [9.17, 15) is 13.2 Å². The number of amides is 1. The van der Waals surface area contributed by atoms with Gasteiger partial charge in [0.25, 0.3) is 0 Å². The first kappa shape index (κ1) is 15.8. The van der Waals surface area contributed by atoms with Crippen molar-refractivity contribution >= 4 is 21.4 Å². The summed E-state index contributed by atoms with van der Waals surface area (Å²) < 4.78 is 28.2. The van der Waals surface area contributed by atoms with E-state index in [4.69, 9.17) is 4.74 Å². The summed E-state index contributed by atoms with van der Waals surface area (Å²) in [4.78, 5) is 11.9. The second-order valence-electron chi connectivity index (χ2n) is 5.39. The van der Waals surface area contributed by atoms with Gasteiger partial charge in [-0.15, -0.1) is 0 Å². The fourth-order valence-electron chi connectivity index (χ4n) is 2.36. The maximum Gasteiger partial charge on any atom is 0.224 e. The predicted octanol–water partition coefficient (Wildman–Crippen LogP) is 2.24. The summed E-state index contributed by atoms with van der Waals surface area (Å²) in [7, 11) is -2.92. The van der Waals surface area contributed by atoms with Crippen LogP contribution in [0.25, 0.3) is 0 Å². The second kappa shape index (κ2) is 6.93. The van der Waals surface area contributed by atoms with E-state index in [-0.39, 0.29) is 29.8 Å². The molecule has 0 spiro atoms. The molecule has 1 fully saturated rings. The number of rotatable bonds is 6.